The SMILES string of the molecule is CC(C)(C)OC(=O)N1CCCC1.Oc1ccc(-c2noc(C(F)(F)F)n2)nc1. The molecule has 1 fully saturated rings. The fourth-order valence-corrected chi connectivity index (χ4v) is 2.19. The van der Waals surface area contributed by atoms with Gasteiger partial charge in [-0.15, -0.1) is 0 Å². The summed E-state index contributed by atoms with van der Waals surface area (Å²) in [5.74, 6) is -1.83. The molecule has 154 valence electrons. The van der Waals surface area contributed by atoms with E-state index in [9.17, 15) is 18.0 Å². The summed E-state index contributed by atoms with van der Waals surface area (Å²) in [6.07, 6.45) is -1.56. The van der Waals surface area contributed by atoms with E-state index in [0.717, 1.165) is 32.1 Å². The summed E-state index contributed by atoms with van der Waals surface area (Å²) in [4.78, 5) is 19.9. The van der Waals surface area contributed by atoms with Crippen molar-refractivity contribution in [3.63, 3.8) is 0 Å². The Morgan fingerprint density at radius 3 is 2.32 bits per heavy atom. The predicted octanol–water partition coefficient (Wildman–Crippen LogP) is 3.87. The van der Waals surface area contributed by atoms with Gasteiger partial charge < -0.3 is 19.3 Å². The van der Waals surface area contributed by atoms with Crippen LogP contribution in [-0.2, 0) is 10.9 Å². The van der Waals surface area contributed by atoms with Crippen molar-refractivity contribution in [3.8, 4) is 17.3 Å². The van der Waals surface area contributed by atoms with Crippen LogP contribution in [0.4, 0.5) is 18.0 Å². The van der Waals surface area contributed by atoms with Gasteiger partial charge >= 0.3 is 18.2 Å². The summed E-state index contributed by atoms with van der Waals surface area (Å²) in [6, 6.07) is 2.53. The number of carbonyl (C=O) groups excluding carboxylic acids is 1. The molecule has 8 nitrogen and oxygen atoms in total. The average molecular weight is 402 g/mol. The van der Waals surface area contributed by atoms with Crippen LogP contribution in [0.15, 0.2) is 22.9 Å². The largest absolute Gasteiger partial charge is 0.506 e. The molecule has 1 aliphatic rings. The van der Waals surface area contributed by atoms with Gasteiger partial charge in [-0.25, -0.2) is 9.78 Å². The van der Waals surface area contributed by atoms with Crippen LogP contribution in [0.25, 0.3) is 11.5 Å². The van der Waals surface area contributed by atoms with E-state index in [2.05, 4.69) is 19.6 Å². The number of ether oxygens (including phenoxy) is 1. The molecule has 0 atom stereocenters. The number of hydrogen-bond donors (Lipinski definition) is 1. The lowest BCUT2D eigenvalue weighted by Gasteiger charge is -2.23. The molecule has 0 saturated carbocycles. The van der Waals surface area contributed by atoms with Crippen LogP contribution in [-0.4, -0.2) is 49.9 Å². The molecule has 11 heteroatoms. The third-order valence-corrected chi connectivity index (χ3v) is 3.40. The topological polar surface area (TPSA) is 102 Å². The molecule has 0 aliphatic carbocycles. The van der Waals surface area contributed by atoms with Crippen LogP contribution in [0.3, 0.4) is 0 Å². The van der Waals surface area contributed by atoms with Gasteiger partial charge in [0, 0.05) is 13.1 Å². The van der Waals surface area contributed by atoms with Crippen LogP contribution < -0.4 is 0 Å². The predicted molar refractivity (Wildman–Crippen MR) is 91.2 cm³/mol. The number of nitrogens with zero attached hydrogens (tertiary/aromatic N) is 4. The molecule has 3 heterocycles. The van der Waals surface area contributed by atoms with E-state index in [-0.39, 0.29) is 29.0 Å². The number of aromatic hydroxyl groups is 1. The molecule has 0 bridgehead atoms. The lowest BCUT2D eigenvalue weighted by molar-refractivity contribution is -0.159. The van der Waals surface area contributed by atoms with Crippen molar-refractivity contribution in [2.75, 3.05) is 13.1 Å². The van der Waals surface area contributed by atoms with E-state index in [1.807, 2.05) is 20.8 Å². The maximum Gasteiger partial charge on any atom is 0.471 e. The highest BCUT2D eigenvalue weighted by molar-refractivity contribution is 5.68. The molecule has 2 aromatic heterocycles. The normalized spacial score (nSPS) is 14.4. The average Bonchev–Trinajstić information content (AvgIpc) is 3.26. The molecule has 0 spiro atoms. The van der Waals surface area contributed by atoms with Gasteiger partial charge in [-0.3, -0.25) is 0 Å². The van der Waals surface area contributed by atoms with Crippen LogP contribution in [0.1, 0.15) is 39.5 Å². The van der Waals surface area contributed by atoms with Crippen molar-refractivity contribution in [3.05, 3.63) is 24.2 Å². The highest BCUT2D eigenvalue weighted by Gasteiger charge is 2.38. The first kappa shape index (κ1) is 21.5. The minimum Gasteiger partial charge on any atom is -0.506 e. The van der Waals surface area contributed by atoms with Gasteiger partial charge in [-0.1, -0.05) is 5.16 Å². The molecule has 1 saturated heterocycles. The van der Waals surface area contributed by atoms with Gasteiger partial charge in [-0.2, -0.15) is 18.2 Å². The van der Waals surface area contributed by atoms with Crippen molar-refractivity contribution in [1.82, 2.24) is 20.0 Å². The summed E-state index contributed by atoms with van der Waals surface area (Å²) in [5.41, 5.74) is -0.281. The zero-order valence-electron chi connectivity index (χ0n) is 15.7. The van der Waals surface area contributed by atoms with Crippen LogP contribution in [0.2, 0.25) is 0 Å². The van der Waals surface area contributed by atoms with E-state index in [1.54, 1.807) is 4.90 Å². The number of amides is 1. The molecular weight excluding hydrogens is 381 g/mol. The first-order valence-electron chi connectivity index (χ1n) is 8.50. The second-order valence-electron chi connectivity index (χ2n) is 7.00. The van der Waals surface area contributed by atoms with Crippen molar-refractivity contribution in [2.24, 2.45) is 0 Å². The zero-order chi connectivity index (χ0) is 20.9. The Bertz CT molecular complexity index is 779. The van der Waals surface area contributed by atoms with Crippen LogP contribution in [0, 0.1) is 0 Å². The molecule has 3 rings (SSSR count). The maximum atomic E-state index is 12.1. The van der Waals surface area contributed by atoms with E-state index in [4.69, 9.17) is 9.84 Å². The summed E-state index contributed by atoms with van der Waals surface area (Å²) in [7, 11) is 0. The second-order valence-corrected chi connectivity index (χ2v) is 7.00. The monoisotopic (exact) mass is 402 g/mol. The lowest BCUT2D eigenvalue weighted by Crippen LogP contribution is -2.34. The summed E-state index contributed by atoms with van der Waals surface area (Å²) < 4.78 is 45.6. The Labute approximate surface area is 159 Å². The minimum absolute atomic E-state index is 0.0806. The van der Waals surface area contributed by atoms with Crippen LogP contribution in [0.5, 0.6) is 5.75 Å². The third-order valence-electron chi connectivity index (χ3n) is 3.40. The Morgan fingerprint density at radius 2 is 1.86 bits per heavy atom. The quantitative estimate of drug-likeness (QED) is 0.772. The molecule has 1 aliphatic heterocycles. The number of carbonyl (C=O) groups is 1. The number of hydrogen-bond acceptors (Lipinski definition) is 7. The molecule has 1 amide bonds. The van der Waals surface area contributed by atoms with E-state index < -0.39 is 12.1 Å². The molecule has 28 heavy (non-hydrogen) atoms. The summed E-state index contributed by atoms with van der Waals surface area (Å²) in [5, 5.41) is 12.1. The second kappa shape index (κ2) is 8.44. The Hall–Kier alpha value is -2.85. The van der Waals surface area contributed by atoms with Crippen LogP contribution >= 0.6 is 0 Å². The number of aromatic nitrogens is 3. The molecule has 1 N–H and O–H groups in total. The van der Waals surface area contributed by atoms with E-state index in [0.29, 0.717) is 0 Å². The minimum atomic E-state index is -4.68. The highest BCUT2D eigenvalue weighted by Crippen LogP contribution is 2.29. The fourth-order valence-electron chi connectivity index (χ4n) is 2.19. The van der Waals surface area contributed by atoms with Gasteiger partial charge in [0.15, 0.2) is 0 Å². The standard InChI is InChI=1S/C9H17NO2.C8H4F3N3O2/c1-9(2,3)12-8(11)10-6-4-5-7-10;9-8(10,11)7-13-6(14-16-7)5-2-1-4(15)3-12-5/h4-7H2,1-3H3;1-3,15H. The van der Waals surface area contributed by atoms with Gasteiger partial charge in [0.05, 0.1) is 6.20 Å². The van der Waals surface area contributed by atoms with E-state index in [1.165, 1.54) is 12.1 Å². The van der Waals surface area contributed by atoms with E-state index >= 15 is 0 Å². The lowest BCUT2D eigenvalue weighted by atomic mass is 10.2. The summed E-state index contributed by atoms with van der Waals surface area (Å²) >= 11 is 0. The molecule has 0 unspecified atom stereocenters. The zero-order valence-corrected chi connectivity index (χ0v) is 15.7. The molecular formula is C17H21F3N4O4. The van der Waals surface area contributed by atoms with Gasteiger partial charge in [0.1, 0.15) is 17.0 Å². The summed E-state index contributed by atoms with van der Waals surface area (Å²) in [6.45, 7) is 7.38. The van der Waals surface area contributed by atoms with Crippen molar-refractivity contribution < 1.29 is 32.3 Å². The maximum absolute atomic E-state index is 12.1. The number of pyridine rings is 1. The van der Waals surface area contributed by atoms with Gasteiger partial charge in [-0.05, 0) is 45.7 Å². The van der Waals surface area contributed by atoms with Crippen molar-refractivity contribution in [2.45, 2.75) is 45.4 Å². The number of rotatable bonds is 1. The first-order chi connectivity index (χ1) is 13.0. The van der Waals surface area contributed by atoms with Crippen molar-refractivity contribution >= 4 is 6.09 Å². The van der Waals surface area contributed by atoms with Gasteiger partial charge in [0.2, 0.25) is 5.82 Å². The Morgan fingerprint density at radius 1 is 1.21 bits per heavy atom. The van der Waals surface area contributed by atoms with Gasteiger partial charge in [0.25, 0.3) is 0 Å². The first-order valence-corrected chi connectivity index (χ1v) is 8.50. The third kappa shape index (κ3) is 6.39. The molecule has 0 radical (unpaired) electrons. The molecule has 0 aromatic carbocycles. The molecule has 2 aromatic rings. The number of halogens is 3. The smallest absolute Gasteiger partial charge is 0.471 e. The Balaban J connectivity index is 0.000000209. The van der Waals surface area contributed by atoms with Crippen molar-refractivity contribution in [1.29, 1.82) is 0 Å². The number of alkyl halides is 3. The highest BCUT2D eigenvalue weighted by atomic mass is 19.4. The Kier molecular flexibility index (Phi) is 6.47. The number of likely N-dealkylation sites (tertiary alicyclic amines) is 1. The fraction of sp³-hybridized carbons (Fsp3) is 0.529.